The van der Waals surface area contributed by atoms with Gasteiger partial charge in [-0.25, -0.2) is 8.42 Å². The molecule has 3 aromatic rings. The molecule has 14 heteroatoms. The number of halogens is 2. The molecule has 2 bridgehead atoms. The van der Waals surface area contributed by atoms with Crippen LogP contribution < -0.4 is 10.0 Å². The normalized spacial score (nSPS) is 20.0. The number of hydrogen-bond donors (Lipinski definition) is 4. The molecule has 1 aromatic heterocycles. The first kappa shape index (κ1) is 31.3. The predicted molar refractivity (Wildman–Crippen MR) is 162 cm³/mol. The van der Waals surface area contributed by atoms with Gasteiger partial charge in [0.05, 0.1) is 23.7 Å². The number of carbonyl (C=O) groups is 3. The number of nitrogens with zero attached hydrogens (tertiary/aromatic N) is 2. The number of benzene rings is 2. The maximum Gasteiger partial charge on any atom is 0.268 e. The van der Waals surface area contributed by atoms with Gasteiger partial charge in [0.15, 0.2) is 0 Å². The van der Waals surface area contributed by atoms with Crippen LogP contribution in [0.4, 0.5) is 0 Å². The van der Waals surface area contributed by atoms with Gasteiger partial charge in [0, 0.05) is 29.0 Å². The molecule has 43 heavy (non-hydrogen) atoms. The lowest BCUT2D eigenvalue weighted by Crippen LogP contribution is -2.61. The number of rotatable bonds is 8. The van der Waals surface area contributed by atoms with Gasteiger partial charge >= 0.3 is 0 Å². The van der Waals surface area contributed by atoms with Crippen LogP contribution in [0.15, 0.2) is 53.4 Å². The monoisotopic (exact) mass is 649 g/mol. The topological polar surface area (TPSA) is 152 Å². The van der Waals surface area contributed by atoms with E-state index >= 15 is 0 Å². The van der Waals surface area contributed by atoms with Gasteiger partial charge in [-0.3, -0.25) is 14.4 Å². The second-order valence-corrected chi connectivity index (χ2v) is 14.5. The van der Waals surface area contributed by atoms with Crippen molar-refractivity contribution in [2.75, 3.05) is 19.7 Å². The van der Waals surface area contributed by atoms with Crippen LogP contribution in [0.2, 0.25) is 10.0 Å². The van der Waals surface area contributed by atoms with Gasteiger partial charge < -0.3 is 25.2 Å². The highest BCUT2D eigenvalue weighted by Gasteiger charge is 2.50. The first-order valence-corrected chi connectivity index (χ1v) is 16.0. The minimum Gasteiger partial charge on any atom is -0.394 e. The molecule has 4 N–H and O–H groups in total. The first-order valence-electron chi connectivity index (χ1n) is 13.8. The number of piperazine rings is 1. The third kappa shape index (κ3) is 6.25. The summed E-state index contributed by atoms with van der Waals surface area (Å²) in [5.74, 6) is -1.27. The van der Waals surface area contributed by atoms with E-state index in [0.717, 1.165) is 17.0 Å². The lowest BCUT2D eigenvalue weighted by Gasteiger charge is -2.39. The maximum atomic E-state index is 13.8. The number of carbonyl (C=O) groups excluding carboxylic acids is 3. The third-order valence-corrected chi connectivity index (χ3v) is 10.1. The molecule has 0 unspecified atom stereocenters. The Bertz CT molecular complexity index is 1650. The SMILES string of the molecule is CC(C)(C)[C@H](NC(=O)c1cc2ccccc2[nH]1)C(=O)N1C[C@@H]2C[C@H]1CN2C(=O)[C@H](CO)NS(=O)(=O)c1cc(Cl)ccc1Cl. The van der Waals surface area contributed by atoms with Crippen LogP contribution in [0.1, 0.15) is 37.7 Å². The number of fused-ring (bicyclic) bond motifs is 3. The number of aliphatic hydroxyl groups is 1. The number of aliphatic hydroxyl groups excluding tert-OH is 1. The number of aromatic amines is 1. The summed E-state index contributed by atoms with van der Waals surface area (Å²) in [4.78, 5) is 46.4. The van der Waals surface area contributed by atoms with Crippen molar-refractivity contribution in [1.82, 2.24) is 24.8 Å². The smallest absolute Gasteiger partial charge is 0.268 e. The minimum atomic E-state index is -4.29. The second kappa shape index (κ2) is 11.7. The van der Waals surface area contributed by atoms with Crippen LogP contribution in [0.5, 0.6) is 0 Å². The Kier molecular flexibility index (Phi) is 8.53. The van der Waals surface area contributed by atoms with E-state index in [2.05, 4.69) is 15.0 Å². The van der Waals surface area contributed by atoms with Crippen LogP contribution in [-0.4, -0.2) is 89.9 Å². The van der Waals surface area contributed by atoms with Crippen molar-refractivity contribution in [3.05, 3.63) is 64.3 Å². The number of sulfonamides is 1. The van der Waals surface area contributed by atoms with Crippen LogP contribution in [-0.2, 0) is 19.6 Å². The zero-order chi connectivity index (χ0) is 31.3. The number of likely N-dealkylation sites (tertiary alicyclic amines) is 2. The van der Waals surface area contributed by atoms with Crippen LogP contribution in [0.25, 0.3) is 10.9 Å². The summed E-state index contributed by atoms with van der Waals surface area (Å²) in [6.45, 7) is 5.21. The molecule has 5 rings (SSSR count). The van der Waals surface area contributed by atoms with E-state index in [0.29, 0.717) is 12.1 Å². The Morgan fingerprint density at radius 3 is 2.28 bits per heavy atom. The Labute approximate surface area is 259 Å². The fourth-order valence-electron chi connectivity index (χ4n) is 5.73. The fourth-order valence-corrected chi connectivity index (χ4v) is 7.67. The van der Waals surface area contributed by atoms with Crippen LogP contribution in [0.3, 0.4) is 0 Å². The number of nitrogens with one attached hydrogen (secondary N) is 3. The molecular formula is C29H33Cl2N5O6S. The molecular weight excluding hydrogens is 617 g/mol. The van der Waals surface area contributed by atoms with Gasteiger partial charge in [-0.15, -0.1) is 0 Å². The Morgan fingerprint density at radius 1 is 1.02 bits per heavy atom. The first-order chi connectivity index (χ1) is 20.2. The van der Waals surface area contributed by atoms with Crippen molar-refractivity contribution in [2.45, 2.75) is 56.3 Å². The summed E-state index contributed by atoms with van der Waals surface area (Å²) in [5.41, 5.74) is 0.546. The summed E-state index contributed by atoms with van der Waals surface area (Å²) in [5, 5.41) is 13.8. The van der Waals surface area contributed by atoms with Gasteiger partial charge in [-0.1, -0.05) is 62.2 Å². The summed E-state index contributed by atoms with van der Waals surface area (Å²) >= 11 is 12.0. The van der Waals surface area contributed by atoms with E-state index in [1.165, 1.54) is 17.0 Å². The minimum absolute atomic E-state index is 0.0829. The second-order valence-electron chi connectivity index (χ2n) is 12.0. The quantitative estimate of drug-likeness (QED) is 0.295. The van der Waals surface area contributed by atoms with Crippen LogP contribution in [0, 0.1) is 5.41 Å². The largest absolute Gasteiger partial charge is 0.394 e. The summed E-state index contributed by atoms with van der Waals surface area (Å²) in [6.07, 6.45) is 0.495. The van der Waals surface area contributed by atoms with Crippen molar-refractivity contribution in [1.29, 1.82) is 0 Å². The molecule has 4 atom stereocenters. The number of amides is 3. The van der Waals surface area contributed by atoms with Crippen LogP contribution >= 0.6 is 23.2 Å². The highest BCUT2D eigenvalue weighted by atomic mass is 35.5. The maximum absolute atomic E-state index is 13.8. The summed E-state index contributed by atoms with van der Waals surface area (Å²) in [6, 6.07) is 10.2. The van der Waals surface area contributed by atoms with E-state index in [4.69, 9.17) is 23.2 Å². The molecule has 11 nitrogen and oxygen atoms in total. The molecule has 3 amide bonds. The molecule has 0 saturated carbocycles. The predicted octanol–water partition coefficient (Wildman–Crippen LogP) is 2.77. The lowest BCUT2D eigenvalue weighted by atomic mass is 9.85. The highest BCUT2D eigenvalue weighted by Crippen LogP contribution is 2.34. The third-order valence-electron chi connectivity index (χ3n) is 7.93. The molecule has 0 aliphatic carbocycles. The Balaban J connectivity index is 1.27. The van der Waals surface area contributed by atoms with Gasteiger partial charge in [0.1, 0.15) is 22.7 Å². The van der Waals surface area contributed by atoms with E-state index in [-0.39, 0.29) is 46.0 Å². The van der Waals surface area contributed by atoms with Crippen molar-refractivity contribution in [3.63, 3.8) is 0 Å². The average molecular weight is 651 g/mol. The zero-order valence-corrected chi connectivity index (χ0v) is 26.1. The standard InChI is InChI=1S/C29H33Cl2N5O6S/c1-29(2,3)25(33-26(38)22-10-16-6-4-5-7-21(16)32-22)28(40)36-14-18-12-19(36)13-35(18)27(39)23(15-37)34-43(41,42)24-11-17(30)8-9-20(24)31/h4-11,18-19,23,25,32,34,37H,12-15H2,1-3H3,(H,33,38)/t18-,19-,23-,25+/m0/s1. The summed E-state index contributed by atoms with van der Waals surface area (Å²) < 4.78 is 28.2. The van der Waals surface area contributed by atoms with Crippen molar-refractivity contribution in [2.24, 2.45) is 5.41 Å². The zero-order valence-electron chi connectivity index (χ0n) is 23.8. The van der Waals surface area contributed by atoms with Crippen molar-refractivity contribution in [3.8, 4) is 0 Å². The van der Waals surface area contributed by atoms with E-state index in [1.807, 2.05) is 45.0 Å². The molecule has 3 heterocycles. The number of hydrogen-bond acceptors (Lipinski definition) is 6. The number of H-pyrrole nitrogens is 1. The lowest BCUT2D eigenvalue weighted by molar-refractivity contribution is -0.143. The molecule has 2 fully saturated rings. The molecule has 0 spiro atoms. The Hall–Kier alpha value is -3.16. The molecule has 2 aliphatic rings. The Morgan fingerprint density at radius 2 is 1.67 bits per heavy atom. The van der Waals surface area contributed by atoms with Crippen molar-refractivity contribution >= 4 is 61.8 Å². The van der Waals surface area contributed by atoms with Gasteiger partial charge in [0.25, 0.3) is 5.91 Å². The molecule has 230 valence electrons. The van der Waals surface area contributed by atoms with Crippen molar-refractivity contribution < 1.29 is 27.9 Å². The van der Waals surface area contributed by atoms with Gasteiger partial charge in [-0.2, -0.15) is 4.72 Å². The van der Waals surface area contributed by atoms with E-state index < -0.39 is 45.9 Å². The van der Waals surface area contributed by atoms with Gasteiger partial charge in [-0.05, 0) is 42.2 Å². The summed E-state index contributed by atoms with van der Waals surface area (Å²) in [7, 11) is -4.29. The molecule has 2 aromatic carbocycles. The molecule has 2 saturated heterocycles. The molecule has 0 radical (unpaired) electrons. The van der Waals surface area contributed by atoms with Gasteiger partial charge in [0.2, 0.25) is 21.8 Å². The van der Waals surface area contributed by atoms with E-state index in [1.54, 1.807) is 11.0 Å². The van der Waals surface area contributed by atoms with E-state index in [9.17, 15) is 27.9 Å². The highest BCUT2D eigenvalue weighted by molar-refractivity contribution is 7.89. The number of aromatic nitrogens is 1. The fraction of sp³-hybridized carbons (Fsp3) is 0.414. The number of para-hydroxylation sites is 1. The average Bonchev–Trinajstić information content (AvgIpc) is 3.69. The molecule has 2 aliphatic heterocycles.